The third-order valence-electron chi connectivity index (χ3n) is 1.87. The summed E-state index contributed by atoms with van der Waals surface area (Å²) in [6, 6.07) is 7.45. The van der Waals surface area contributed by atoms with Crippen LogP contribution in [0.25, 0.3) is 11.3 Å². The Balaban J connectivity index is 2.53. The van der Waals surface area contributed by atoms with Gasteiger partial charge in [0.25, 0.3) is 0 Å². The summed E-state index contributed by atoms with van der Waals surface area (Å²) in [5.74, 6) is 0.300. The van der Waals surface area contributed by atoms with E-state index in [-0.39, 0.29) is 0 Å². The Hall–Kier alpha value is -0.810. The van der Waals surface area contributed by atoms with Gasteiger partial charge in [0.15, 0.2) is 11.5 Å². The van der Waals surface area contributed by atoms with Crippen LogP contribution in [-0.2, 0) is 5.33 Å². The standard InChI is InChI=1S/C10H6Br2O3/c11-5-8-9(15-10(13)14-8)6-1-3-7(12)4-2-6/h1-4H,5H2. The zero-order chi connectivity index (χ0) is 10.8. The summed E-state index contributed by atoms with van der Waals surface area (Å²) in [6.45, 7) is 0. The predicted molar refractivity (Wildman–Crippen MR) is 63.0 cm³/mol. The van der Waals surface area contributed by atoms with Gasteiger partial charge in [0, 0.05) is 10.0 Å². The maximum Gasteiger partial charge on any atom is 0.519 e. The molecule has 15 heavy (non-hydrogen) atoms. The lowest BCUT2D eigenvalue weighted by Crippen LogP contribution is -1.85. The second-order valence-electron chi connectivity index (χ2n) is 2.85. The van der Waals surface area contributed by atoms with Gasteiger partial charge in [-0.15, -0.1) is 0 Å². The maximum absolute atomic E-state index is 10.9. The summed E-state index contributed by atoms with van der Waals surface area (Å²) < 4.78 is 10.8. The minimum Gasteiger partial charge on any atom is -0.394 e. The predicted octanol–water partition coefficient (Wildman–Crippen LogP) is 3.56. The van der Waals surface area contributed by atoms with Crippen LogP contribution >= 0.6 is 31.9 Å². The van der Waals surface area contributed by atoms with E-state index in [0.717, 1.165) is 10.0 Å². The fraction of sp³-hybridized carbons (Fsp3) is 0.100. The molecule has 3 nitrogen and oxygen atoms in total. The highest BCUT2D eigenvalue weighted by Crippen LogP contribution is 2.25. The molecule has 2 rings (SSSR count). The molecule has 0 spiro atoms. The zero-order valence-electron chi connectivity index (χ0n) is 7.50. The van der Waals surface area contributed by atoms with Crippen molar-refractivity contribution in [1.29, 1.82) is 0 Å². The Morgan fingerprint density at radius 3 is 2.40 bits per heavy atom. The SMILES string of the molecule is O=c1oc(CBr)c(-c2ccc(Br)cc2)o1. The minimum atomic E-state index is -0.678. The lowest BCUT2D eigenvalue weighted by molar-refractivity contribution is 0.381. The highest BCUT2D eigenvalue weighted by atomic mass is 79.9. The molecule has 5 heteroatoms. The first-order valence-electron chi connectivity index (χ1n) is 4.15. The average molecular weight is 334 g/mol. The van der Waals surface area contributed by atoms with Gasteiger partial charge >= 0.3 is 5.82 Å². The van der Waals surface area contributed by atoms with Crippen molar-refractivity contribution in [3.8, 4) is 11.3 Å². The first kappa shape index (κ1) is 10.7. The molecule has 0 fully saturated rings. The number of halogens is 2. The Labute approximate surface area is 102 Å². The van der Waals surface area contributed by atoms with E-state index < -0.39 is 5.82 Å². The van der Waals surface area contributed by atoms with Crippen molar-refractivity contribution >= 4 is 31.9 Å². The second kappa shape index (κ2) is 4.37. The number of alkyl halides is 1. The number of benzene rings is 1. The molecule has 0 atom stereocenters. The van der Waals surface area contributed by atoms with E-state index in [1.165, 1.54) is 0 Å². The topological polar surface area (TPSA) is 43.4 Å². The number of hydrogen-bond acceptors (Lipinski definition) is 3. The molecule has 2 aromatic rings. The molecule has 0 unspecified atom stereocenters. The van der Waals surface area contributed by atoms with Crippen LogP contribution in [-0.4, -0.2) is 0 Å². The van der Waals surface area contributed by atoms with Crippen molar-refractivity contribution in [3.05, 3.63) is 45.1 Å². The smallest absolute Gasteiger partial charge is 0.394 e. The summed E-state index contributed by atoms with van der Waals surface area (Å²) in [6.07, 6.45) is 0. The minimum absolute atomic E-state index is 0.449. The van der Waals surface area contributed by atoms with Crippen molar-refractivity contribution in [2.45, 2.75) is 5.33 Å². The molecule has 0 saturated carbocycles. The second-order valence-corrected chi connectivity index (χ2v) is 4.32. The molecule has 1 aromatic heterocycles. The first-order chi connectivity index (χ1) is 7.20. The quantitative estimate of drug-likeness (QED) is 0.789. The molecule has 0 aliphatic rings. The van der Waals surface area contributed by atoms with E-state index in [4.69, 9.17) is 8.83 Å². The van der Waals surface area contributed by atoms with E-state index in [1.807, 2.05) is 24.3 Å². The fourth-order valence-electron chi connectivity index (χ4n) is 1.22. The molecule has 78 valence electrons. The van der Waals surface area contributed by atoms with Crippen LogP contribution in [0, 0.1) is 0 Å². The monoisotopic (exact) mass is 332 g/mol. The molecule has 0 radical (unpaired) electrons. The van der Waals surface area contributed by atoms with Gasteiger partial charge in [-0.25, -0.2) is 4.79 Å². The number of hydrogen-bond donors (Lipinski definition) is 0. The van der Waals surface area contributed by atoms with Gasteiger partial charge in [0.05, 0.1) is 5.33 Å². The molecule has 0 bridgehead atoms. The highest BCUT2D eigenvalue weighted by Gasteiger charge is 2.13. The lowest BCUT2D eigenvalue weighted by atomic mass is 10.1. The van der Waals surface area contributed by atoms with Crippen LogP contribution < -0.4 is 5.82 Å². The Morgan fingerprint density at radius 1 is 1.13 bits per heavy atom. The fourth-order valence-corrected chi connectivity index (χ4v) is 1.85. The maximum atomic E-state index is 10.9. The van der Waals surface area contributed by atoms with Crippen molar-refractivity contribution in [2.24, 2.45) is 0 Å². The summed E-state index contributed by atoms with van der Waals surface area (Å²) in [5, 5.41) is 0.449. The van der Waals surface area contributed by atoms with Crippen molar-refractivity contribution < 1.29 is 8.83 Å². The summed E-state index contributed by atoms with van der Waals surface area (Å²) in [5.41, 5.74) is 0.818. The van der Waals surface area contributed by atoms with E-state index in [9.17, 15) is 4.79 Å². The van der Waals surface area contributed by atoms with Gasteiger partial charge in [-0.1, -0.05) is 31.9 Å². The van der Waals surface area contributed by atoms with Gasteiger partial charge in [0.1, 0.15) is 0 Å². The molecule has 0 aliphatic carbocycles. The summed E-state index contributed by atoms with van der Waals surface area (Å²) in [4.78, 5) is 10.9. The van der Waals surface area contributed by atoms with Gasteiger partial charge in [-0.3, -0.25) is 0 Å². The molecule has 0 N–H and O–H groups in total. The van der Waals surface area contributed by atoms with Crippen LogP contribution in [0.15, 0.2) is 42.4 Å². The Morgan fingerprint density at radius 2 is 1.80 bits per heavy atom. The van der Waals surface area contributed by atoms with Crippen LogP contribution in [0.3, 0.4) is 0 Å². The number of rotatable bonds is 2. The first-order valence-corrected chi connectivity index (χ1v) is 6.07. The summed E-state index contributed by atoms with van der Waals surface area (Å²) in [7, 11) is 0. The van der Waals surface area contributed by atoms with Gasteiger partial charge in [0.2, 0.25) is 0 Å². The van der Waals surface area contributed by atoms with Crippen LogP contribution in [0.4, 0.5) is 0 Å². The molecule has 0 aliphatic heterocycles. The van der Waals surface area contributed by atoms with Gasteiger partial charge in [-0.05, 0) is 24.3 Å². The van der Waals surface area contributed by atoms with Crippen molar-refractivity contribution in [3.63, 3.8) is 0 Å². The Kier molecular flexibility index (Phi) is 3.11. The van der Waals surface area contributed by atoms with E-state index in [1.54, 1.807) is 0 Å². The van der Waals surface area contributed by atoms with Crippen molar-refractivity contribution in [2.75, 3.05) is 0 Å². The van der Waals surface area contributed by atoms with Crippen LogP contribution in [0.5, 0.6) is 0 Å². The van der Waals surface area contributed by atoms with Gasteiger partial charge in [-0.2, -0.15) is 0 Å². The lowest BCUT2D eigenvalue weighted by Gasteiger charge is -1.97. The van der Waals surface area contributed by atoms with Crippen molar-refractivity contribution in [1.82, 2.24) is 0 Å². The normalized spacial score (nSPS) is 10.5. The van der Waals surface area contributed by atoms with Crippen LogP contribution in [0.2, 0.25) is 0 Å². The summed E-state index contributed by atoms with van der Waals surface area (Å²) >= 11 is 6.57. The van der Waals surface area contributed by atoms with Gasteiger partial charge < -0.3 is 8.83 Å². The molecule has 1 aromatic carbocycles. The van der Waals surface area contributed by atoms with E-state index in [0.29, 0.717) is 16.9 Å². The molecular formula is C10H6Br2O3. The molecule has 1 heterocycles. The molecule has 0 saturated heterocycles. The third-order valence-corrected chi connectivity index (χ3v) is 2.91. The van der Waals surface area contributed by atoms with E-state index in [2.05, 4.69) is 31.9 Å². The largest absolute Gasteiger partial charge is 0.519 e. The average Bonchev–Trinajstić information content (AvgIpc) is 2.61. The van der Waals surface area contributed by atoms with E-state index >= 15 is 0 Å². The van der Waals surface area contributed by atoms with Crippen LogP contribution in [0.1, 0.15) is 5.76 Å². The third kappa shape index (κ3) is 2.23. The highest BCUT2D eigenvalue weighted by molar-refractivity contribution is 9.10. The Bertz CT molecular complexity index is 510. The molecule has 0 amide bonds. The zero-order valence-corrected chi connectivity index (χ0v) is 10.7. The molecular weight excluding hydrogens is 328 g/mol.